The molecular weight excluding hydrogens is 304 g/mol. The molecule has 2 aromatic heterocycles. The number of aromatic nitrogens is 3. The second kappa shape index (κ2) is 9.75. The number of furan rings is 1. The van der Waals surface area contributed by atoms with Crippen molar-refractivity contribution in [2.75, 3.05) is 20.1 Å². The van der Waals surface area contributed by atoms with Gasteiger partial charge in [-0.3, -0.25) is 10.1 Å². The topological polar surface area (TPSA) is 91.1 Å². The average Bonchev–Trinajstić information content (AvgIpc) is 3.23. The molecule has 0 aliphatic carbocycles. The summed E-state index contributed by atoms with van der Waals surface area (Å²) in [5.74, 6) is 3.68. The van der Waals surface area contributed by atoms with Gasteiger partial charge in [0.05, 0.1) is 6.26 Å². The van der Waals surface area contributed by atoms with Crippen LogP contribution in [-0.2, 0) is 6.42 Å². The van der Waals surface area contributed by atoms with E-state index in [0.29, 0.717) is 11.6 Å². The minimum atomic E-state index is 0.586. The first kappa shape index (κ1) is 18.0. The Balaban J connectivity index is 1.65. The SMILES string of the molecule is CN=C(NCCCCC(C)C)NCCc1nc(-c2ccco2)n[nH]1. The monoisotopic (exact) mass is 332 g/mol. The zero-order valence-electron chi connectivity index (χ0n) is 14.8. The third-order valence-electron chi connectivity index (χ3n) is 3.65. The molecule has 0 aromatic carbocycles. The smallest absolute Gasteiger partial charge is 0.216 e. The van der Waals surface area contributed by atoms with E-state index in [2.05, 4.69) is 44.7 Å². The predicted octanol–water partition coefficient (Wildman–Crippen LogP) is 2.60. The molecule has 0 bridgehead atoms. The number of nitrogens with one attached hydrogen (secondary N) is 3. The molecule has 0 amide bonds. The van der Waals surface area contributed by atoms with Crippen LogP contribution in [0, 0.1) is 5.92 Å². The van der Waals surface area contributed by atoms with Gasteiger partial charge >= 0.3 is 0 Å². The number of aliphatic imine (C=N–C) groups is 1. The van der Waals surface area contributed by atoms with Crippen molar-refractivity contribution in [2.45, 2.75) is 39.5 Å². The van der Waals surface area contributed by atoms with Gasteiger partial charge in [-0.05, 0) is 24.5 Å². The zero-order valence-corrected chi connectivity index (χ0v) is 14.8. The molecule has 0 saturated heterocycles. The highest BCUT2D eigenvalue weighted by Crippen LogP contribution is 2.14. The van der Waals surface area contributed by atoms with Crippen molar-refractivity contribution in [3.63, 3.8) is 0 Å². The second-order valence-electron chi connectivity index (χ2n) is 6.15. The lowest BCUT2D eigenvalue weighted by atomic mass is 10.1. The van der Waals surface area contributed by atoms with E-state index in [1.807, 2.05) is 12.1 Å². The van der Waals surface area contributed by atoms with Crippen LogP contribution in [0.1, 0.15) is 38.9 Å². The third-order valence-corrected chi connectivity index (χ3v) is 3.65. The first-order valence-corrected chi connectivity index (χ1v) is 8.58. The Bertz CT molecular complexity index is 602. The Hall–Kier alpha value is -2.31. The van der Waals surface area contributed by atoms with Crippen molar-refractivity contribution in [2.24, 2.45) is 10.9 Å². The summed E-state index contributed by atoms with van der Waals surface area (Å²) in [6.07, 6.45) is 6.03. The fourth-order valence-electron chi connectivity index (χ4n) is 2.33. The van der Waals surface area contributed by atoms with Gasteiger partial charge < -0.3 is 15.1 Å². The number of aromatic amines is 1. The Kier molecular flexibility index (Phi) is 7.32. The third kappa shape index (κ3) is 6.06. The van der Waals surface area contributed by atoms with Crippen molar-refractivity contribution < 1.29 is 4.42 Å². The molecule has 7 heteroatoms. The van der Waals surface area contributed by atoms with E-state index >= 15 is 0 Å². The largest absolute Gasteiger partial charge is 0.461 e. The van der Waals surface area contributed by atoms with Crippen molar-refractivity contribution in [1.29, 1.82) is 0 Å². The number of nitrogens with zero attached hydrogens (tertiary/aromatic N) is 3. The molecule has 0 fully saturated rings. The Morgan fingerprint density at radius 3 is 2.83 bits per heavy atom. The van der Waals surface area contributed by atoms with Crippen LogP contribution < -0.4 is 10.6 Å². The molecule has 0 atom stereocenters. The van der Waals surface area contributed by atoms with Crippen molar-refractivity contribution >= 4 is 5.96 Å². The fourth-order valence-corrected chi connectivity index (χ4v) is 2.33. The summed E-state index contributed by atoms with van der Waals surface area (Å²) in [4.78, 5) is 8.65. The van der Waals surface area contributed by atoms with Gasteiger partial charge in [-0.2, -0.15) is 5.10 Å². The molecule has 132 valence electrons. The van der Waals surface area contributed by atoms with E-state index in [9.17, 15) is 0 Å². The highest BCUT2D eigenvalue weighted by atomic mass is 16.3. The Morgan fingerprint density at radius 2 is 2.12 bits per heavy atom. The lowest BCUT2D eigenvalue weighted by molar-refractivity contribution is 0.534. The molecule has 0 radical (unpaired) electrons. The van der Waals surface area contributed by atoms with Crippen LogP contribution in [-0.4, -0.2) is 41.3 Å². The summed E-state index contributed by atoms with van der Waals surface area (Å²) in [5, 5.41) is 13.7. The number of hydrogen-bond donors (Lipinski definition) is 3. The molecule has 2 heterocycles. The van der Waals surface area contributed by atoms with Crippen molar-refractivity contribution in [3.8, 4) is 11.6 Å². The summed E-state index contributed by atoms with van der Waals surface area (Å²) in [5.41, 5.74) is 0. The van der Waals surface area contributed by atoms with Crippen LogP contribution in [0.4, 0.5) is 0 Å². The quantitative estimate of drug-likeness (QED) is 0.373. The highest BCUT2D eigenvalue weighted by molar-refractivity contribution is 5.79. The highest BCUT2D eigenvalue weighted by Gasteiger charge is 2.08. The summed E-state index contributed by atoms with van der Waals surface area (Å²) in [6, 6.07) is 3.67. The van der Waals surface area contributed by atoms with Crippen LogP contribution in [0.15, 0.2) is 27.8 Å². The molecule has 7 nitrogen and oxygen atoms in total. The van der Waals surface area contributed by atoms with E-state index in [0.717, 1.165) is 43.6 Å². The molecule has 3 N–H and O–H groups in total. The van der Waals surface area contributed by atoms with Crippen LogP contribution in [0.25, 0.3) is 11.6 Å². The maximum Gasteiger partial charge on any atom is 0.216 e. The molecule has 24 heavy (non-hydrogen) atoms. The maximum atomic E-state index is 5.28. The van der Waals surface area contributed by atoms with E-state index in [-0.39, 0.29) is 0 Å². The fraction of sp³-hybridized carbons (Fsp3) is 0.588. The first-order valence-electron chi connectivity index (χ1n) is 8.58. The van der Waals surface area contributed by atoms with E-state index in [4.69, 9.17) is 4.42 Å². The van der Waals surface area contributed by atoms with Gasteiger partial charge in [0.15, 0.2) is 11.7 Å². The number of unbranched alkanes of at least 4 members (excludes halogenated alkanes) is 1. The molecule has 2 rings (SSSR count). The molecular formula is C17H28N6O. The summed E-state index contributed by atoms with van der Waals surface area (Å²) in [6.45, 7) is 6.19. The summed E-state index contributed by atoms with van der Waals surface area (Å²) >= 11 is 0. The first-order chi connectivity index (χ1) is 11.7. The molecule has 0 unspecified atom stereocenters. The molecule has 0 aliphatic rings. The summed E-state index contributed by atoms with van der Waals surface area (Å²) in [7, 11) is 1.78. The van der Waals surface area contributed by atoms with Crippen LogP contribution in [0.3, 0.4) is 0 Å². The molecule has 2 aromatic rings. The van der Waals surface area contributed by atoms with Gasteiger partial charge in [0.1, 0.15) is 5.82 Å². The van der Waals surface area contributed by atoms with Gasteiger partial charge in [-0.1, -0.05) is 26.7 Å². The van der Waals surface area contributed by atoms with Gasteiger partial charge in [-0.15, -0.1) is 0 Å². The second-order valence-corrected chi connectivity index (χ2v) is 6.15. The van der Waals surface area contributed by atoms with E-state index < -0.39 is 0 Å². The molecule has 0 aliphatic heterocycles. The van der Waals surface area contributed by atoms with Crippen LogP contribution >= 0.6 is 0 Å². The number of rotatable bonds is 9. The predicted molar refractivity (Wildman–Crippen MR) is 95.8 cm³/mol. The molecule has 0 saturated carbocycles. The van der Waals surface area contributed by atoms with Crippen LogP contribution in [0.2, 0.25) is 0 Å². The zero-order chi connectivity index (χ0) is 17.2. The number of H-pyrrole nitrogens is 1. The lowest BCUT2D eigenvalue weighted by Gasteiger charge is -2.11. The minimum absolute atomic E-state index is 0.586. The normalized spacial score (nSPS) is 11.9. The van der Waals surface area contributed by atoms with E-state index in [1.54, 1.807) is 13.3 Å². The summed E-state index contributed by atoms with van der Waals surface area (Å²) < 4.78 is 5.28. The number of hydrogen-bond acceptors (Lipinski definition) is 4. The average molecular weight is 332 g/mol. The van der Waals surface area contributed by atoms with Gasteiger partial charge in [0.2, 0.25) is 5.82 Å². The van der Waals surface area contributed by atoms with Gasteiger partial charge in [0.25, 0.3) is 0 Å². The van der Waals surface area contributed by atoms with Gasteiger partial charge in [-0.25, -0.2) is 4.98 Å². The maximum absolute atomic E-state index is 5.28. The standard InChI is InChI=1S/C17H28N6O/c1-13(2)7-4-5-10-19-17(18-3)20-11-9-15-21-16(23-22-15)14-8-6-12-24-14/h6,8,12-13H,4-5,7,9-11H2,1-3H3,(H2,18,19,20)(H,21,22,23). The number of guanidine groups is 1. The lowest BCUT2D eigenvalue weighted by Crippen LogP contribution is -2.38. The van der Waals surface area contributed by atoms with Gasteiger partial charge in [0, 0.05) is 26.6 Å². The van der Waals surface area contributed by atoms with Crippen LogP contribution in [0.5, 0.6) is 0 Å². The molecule has 0 spiro atoms. The minimum Gasteiger partial charge on any atom is -0.461 e. The Morgan fingerprint density at radius 1 is 1.29 bits per heavy atom. The Labute approximate surface area is 143 Å². The van der Waals surface area contributed by atoms with Crippen molar-refractivity contribution in [1.82, 2.24) is 25.8 Å². The van der Waals surface area contributed by atoms with E-state index in [1.165, 1.54) is 12.8 Å². The van der Waals surface area contributed by atoms with Crippen molar-refractivity contribution in [3.05, 3.63) is 24.2 Å².